The first-order valence-electron chi connectivity index (χ1n) is 12.4. The summed E-state index contributed by atoms with van der Waals surface area (Å²) in [5.74, 6) is -1.07. The van der Waals surface area contributed by atoms with Gasteiger partial charge in [0, 0.05) is 20.2 Å². The van der Waals surface area contributed by atoms with Crippen LogP contribution >= 0.6 is 0 Å². The molecule has 3 rings (SSSR count). The molecule has 1 aromatic heterocycles. The molecule has 4 amide bonds. The number of anilines is 2. The molecule has 12 heteroatoms. The van der Waals surface area contributed by atoms with Gasteiger partial charge in [0.2, 0.25) is 5.91 Å². The molecule has 12 nitrogen and oxygen atoms in total. The van der Waals surface area contributed by atoms with Gasteiger partial charge in [0.15, 0.2) is 5.69 Å². The number of methoxy groups -OCH3 is 1. The number of urea groups is 1. The fourth-order valence-electron chi connectivity index (χ4n) is 5.79. The van der Waals surface area contributed by atoms with Gasteiger partial charge in [0.25, 0.3) is 11.5 Å². The van der Waals surface area contributed by atoms with E-state index in [9.17, 15) is 24.0 Å². The fraction of sp³-hybridized carbons (Fsp3) is 0.708. The van der Waals surface area contributed by atoms with Crippen LogP contribution < -0.4 is 27.2 Å². The highest BCUT2D eigenvalue weighted by atomic mass is 16.5. The molecule has 0 aromatic carbocycles. The van der Waals surface area contributed by atoms with Crippen LogP contribution in [0.3, 0.4) is 0 Å². The van der Waals surface area contributed by atoms with Crippen LogP contribution in [0.5, 0.6) is 0 Å². The maximum absolute atomic E-state index is 13.5. The summed E-state index contributed by atoms with van der Waals surface area (Å²) < 4.78 is 6.31. The summed E-state index contributed by atoms with van der Waals surface area (Å²) in [7, 11) is 1.44. The lowest BCUT2D eigenvalue weighted by atomic mass is 9.64. The number of imide groups is 1. The van der Waals surface area contributed by atoms with E-state index in [0.717, 1.165) is 22.6 Å². The molecule has 36 heavy (non-hydrogen) atoms. The maximum Gasteiger partial charge on any atom is 0.330 e. The Balaban J connectivity index is 1.93. The Morgan fingerprint density at radius 3 is 2.53 bits per heavy atom. The number of hydrogen-bond donors (Lipinski definition) is 3. The smallest absolute Gasteiger partial charge is 0.330 e. The Bertz CT molecular complexity index is 1140. The molecule has 1 spiro atoms. The van der Waals surface area contributed by atoms with E-state index in [1.54, 1.807) is 0 Å². The van der Waals surface area contributed by atoms with E-state index < -0.39 is 41.2 Å². The van der Waals surface area contributed by atoms with Gasteiger partial charge in [-0.1, -0.05) is 34.1 Å². The number of aromatic amines is 1. The largest absolute Gasteiger partial charge is 0.383 e. The molecule has 1 aliphatic carbocycles. The predicted octanol–water partition coefficient (Wildman–Crippen LogP) is 1.04. The first kappa shape index (κ1) is 27.4. The minimum Gasteiger partial charge on any atom is -0.383 e. The molecule has 2 fully saturated rings. The third kappa shape index (κ3) is 5.32. The molecule has 1 saturated carbocycles. The molecule has 1 saturated heterocycles. The van der Waals surface area contributed by atoms with Crippen LogP contribution in [0.25, 0.3) is 0 Å². The summed E-state index contributed by atoms with van der Waals surface area (Å²) in [4.78, 5) is 69.2. The number of ether oxygens (including phenoxy) is 1. The number of amides is 4. The summed E-state index contributed by atoms with van der Waals surface area (Å²) in [6.07, 6.45) is 3.32. The first-order valence-corrected chi connectivity index (χ1v) is 12.4. The zero-order valence-corrected chi connectivity index (χ0v) is 21.8. The predicted molar refractivity (Wildman–Crippen MR) is 135 cm³/mol. The highest BCUT2D eigenvalue weighted by Gasteiger charge is 2.56. The van der Waals surface area contributed by atoms with Gasteiger partial charge in [0.1, 0.15) is 17.9 Å². The van der Waals surface area contributed by atoms with Crippen molar-refractivity contribution in [2.45, 2.75) is 71.9 Å². The number of nitrogens with zero attached hydrogens (tertiary/aromatic N) is 3. The highest BCUT2D eigenvalue weighted by Crippen LogP contribution is 2.46. The van der Waals surface area contributed by atoms with Crippen LogP contribution in [-0.2, 0) is 20.9 Å². The Labute approximate surface area is 210 Å². The van der Waals surface area contributed by atoms with Crippen molar-refractivity contribution in [1.29, 1.82) is 0 Å². The lowest BCUT2D eigenvalue weighted by Crippen LogP contribution is -2.54. The molecule has 1 aliphatic heterocycles. The van der Waals surface area contributed by atoms with E-state index in [-0.39, 0.29) is 42.5 Å². The highest BCUT2D eigenvalue weighted by molar-refractivity contribution is 6.10. The molecular weight excluding hydrogens is 468 g/mol. The normalized spacial score (nSPS) is 23.2. The van der Waals surface area contributed by atoms with Gasteiger partial charge in [-0.2, -0.15) is 0 Å². The van der Waals surface area contributed by atoms with Crippen molar-refractivity contribution in [2.75, 3.05) is 37.4 Å². The van der Waals surface area contributed by atoms with E-state index in [1.165, 1.54) is 11.7 Å². The minimum atomic E-state index is -1.06. The standard InChI is InChI=1S/C24H38N6O6/c1-6-7-8-29-18(25)17(19(32)26-21(29)34)28(9-10-36-5)16(31)13-30-20(33)24(27-22(30)35)12-15(2)11-23(3,4)14-24/h15H,6-14,25H2,1-5H3,(H,27,35)(H,26,32,34)/t15-,24-/m0/s1. The fourth-order valence-corrected chi connectivity index (χ4v) is 5.79. The van der Waals surface area contributed by atoms with Crippen molar-refractivity contribution in [3.8, 4) is 0 Å². The van der Waals surface area contributed by atoms with E-state index >= 15 is 0 Å². The summed E-state index contributed by atoms with van der Waals surface area (Å²) in [6, 6.07) is -0.639. The number of nitrogens with two attached hydrogens (primary N) is 1. The number of carbonyl (C=O) groups is 3. The molecule has 0 unspecified atom stereocenters. The number of rotatable bonds is 9. The molecule has 2 heterocycles. The van der Waals surface area contributed by atoms with Crippen LogP contribution in [0, 0.1) is 11.3 Å². The second kappa shape index (κ2) is 10.5. The van der Waals surface area contributed by atoms with Gasteiger partial charge in [0.05, 0.1) is 6.61 Å². The summed E-state index contributed by atoms with van der Waals surface area (Å²) in [5, 5.41) is 2.85. The average Bonchev–Trinajstić information content (AvgIpc) is 2.97. The Morgan fingerprint density at radius 2 is 1.92 bits per heavy atom. The number of nitrogens with one attached hydrogen (secondary N) is 2. The van der Waals surface area contributed by atoms with Gasteiger partial charge in [-0.3, -0.25) is 28.8 Å². The Morgan fingerprint density at radius 1 is 1.22 bits per heavy atom. The molecule has 4 N–H and O–H groups in total. The van der Waals surface area contributed by atoms with E-state index in [2.05, 4.69) is 24.1 Å². The Hall–Kier alpha value is -3.15. The second-order valence-corrected chi connectivity index (χ2v) is 10.8. The van der Waals surface area contributed by atoms with Crippen molar-refractivity contribution in [2.24, 2.45) is 11.3 Å². The van der Waals surface area contributed by atoms with Gasteiger partial charge < -0.3 is 20.7 Å². The lowest BCUT2D eigenvalue weighted by molar-refractivity contribution is -0.137. The molecule has 2 atom stereocenters. The SMILES string of the molecule is CCCCn1c(N)c(N(CCOC)C(=O)CN2C(=O)N[C@]3(C[C@@H](C)CC(C)(C)C3)C2=O)c(=O)[nH]c1=O. The Kier molecular flexibility index (Phi) is 7.97. The number of unbranched alkanes of at least 4 members (excludes halogenated alkanes) is 1. The van der Waals surface area contributed by atoms with Crippen molar-refractivity contribution in [1.82, 2.24) is 19.8 Å². The first-order chi connectivity index (χ1) is 16.9. The summed E-state index contributed by atoms with van der Waals surface area (Å²) in [6.45, 7) is 7.81. The van der Waals surface area contributed by atoms with Gasteiger partial charge >= 0.3 is 11.7 Å². The number of aromatic nitrogens is 2. The molecule has 0 radical (unpaired) electrons. The molecule has 0 bridgehead atoms. The zero-order chi connectivity index (χ0) is 26.8. The molecular formula is C24H38N6O6. The number of nitrogen functional groups attached to an aromatic ring is 1. The van der Waals surface area contributed by atoms with Crippen LogP contribution in [0.1, 0.15) is 59.8 Å². The zero-order valence-electron chi connectivity index (χ0n) is 21.8. The van der Waals surface area contributed by atoms with Crippen LogP contribution in [0.2, 0.25) is 0 Å². The molecule has 2 aliphatic rings. The van der Waals surface area contributed by atoms with Crippen molar-refractivity contribution >= 4 is 29.4 Å². The molecule has 1 aromatic rings. The van der Waals surface area contributed by atoms with Crippen LogP contribution in [0.4, 0.5) is 16.3 Å². The van der Waals surface area contributed by atoms with Gasteiger partial charge in [-0.15, -0.1) is 0 Å². The third-order valence-corrected chi connectivity index (χ3v) is 6.96. The number of H-pyrrole nitrogens is 1. The summed E-state index contributed by atoms with van der Waals surface area (Å²) in [5.41, 5.74) is 3.29. The lowest BCUT2D eigenvalue weighted by Gasteiger charge is -2.43. The van der Waals surface area contributed by atoms with Crippen LogP contribution in [-0.4, -0.2) is 64.6 Å². The van der Waals surface area contributed by atoms with E-state index in [1.807, 2.05) is 13.8 Å². The summed E-state index contributed by atoms with van der Waals surface area (Å²) >= 11 is 0. The number of carbonyl (C=O) groups excluding carboxylic acids is 3. The van der Waals surface area contributed by atoms with Crippen molar-refractivity contribution in [3.63, 3.8) is 0 Å². The van der Waals surface area contributed by atoms with Crippen molar-refractivity contribution in [3.05, 3.63) is 20.8 Å². The van der Waals surface area contributed by atoms with Gasteiger partial charge in [-0.25, -0.2) is 9.59 Å². The molecule has 200 valence electrons. The van der Waals surface area contributed by atoms with Gasteiger partial charge in [-0.05, 0) is 37.0 Å². The maximum atomic E-state index is 13.5. The third-order valence-electron chi connectivity index (χ3n) is 6.96. The second-order valence-electron chi connectivity index (χ2n) is 10.8. The van der Waals surface area contributed by atoms with E-state index in [4.69, 9.17) is 10.5 Å². The monoisotopic (exact) mass is 506 g/mol. The van der Waals surface area contributed by atoms with Crippen LogP contribution in [0.15, 0.2) is 9.59 Å². The quantitative estimate of drug-likeness (QED) is 0.422. The average molecular weight is 507 g/mol. The minimum absolute atomic E-state index is 0.0621. The number of hydrogen-bond acceptors (Lipinski definition) is 7. The van der Waals surface area contributed by atoms with E-state index in [0.29, 0.717) is 19.3 Å². The van der Waals surface area contributed by atoms with Crippen molar-refractivity contribution < 1.29 is 19.1 Å². The topological polar surface area (TPSA) is 160 Å².